The molecule has 7 nitrogen and oxygen atoms in total. The Kier molecular flexibility index (Phi) is 5.83. The molecule has 3 rings (SSSR count). The van der Waals surface area contributed by atoms with Gasteiger partial charge in [-0.2, -0.15) is 5.10 Å². The minimum absolute atomic E-state index is 0.163. The van der Waals surface area contributed by atoms with Crippen molar-refractivity contribution in [2.24, 2.45) is 0 Å². The van der Waals surface area contributed by atoms with E-state index in [2.05, 4.69) is 37.3 Å². The van der Waals surface area contributed by atoms with Gasteiger partial charge in [-0.1, -0.05) is 12.1 Å². The lowest BCUT2D eigenvalue weighted by Crippen LogP contribution is -2.22. The standard InChI is InChI=1S/C20H22N6O/c1-14-4-9-19(25-24-14)23-20(27)17-7-5-16(6-8-17)12-26(3)15(2)18-10-11-21-13-22-18/h4-11,13,15H,12H2,1-3H3,(H,23,25,27)/t15-/m0/s1. The van der Waals surface area contributed by atoms with E-state index in [-0.39, 0.29) is 11.9 Å². The van der Waals surface area contributed by atoms with E-state index in [4.69, 9.17) is 0 Å². The lowest BCUT2D eigenvalue weighted by molar-refractivity contribution is 0.102. The van der Waals surface area contributed by atoms with Crippen molar-refractivity contribution in [1.82, 2.24) is 25.1 Å². The molecule has 0 radical (unpaired) electrons. The highest BCUT2D eigenvalue weighted by Crippen LogP contribution is 2.18. The molecule has 0 aliphatic heterocycles. The molecule has 7 heteroatoms. The lowest BCUT2D eigenvalue weighted by atomic mass is 10.1. The average molecular weight is 362 g/mol. The molecule has 1 amide bonds. The van der Waals surface area contributed by atoms with Gasteiger partial charge in [0.25, 0.3) is 5.91 Å². The van der Waals surface area contributed by atoms with E-state index in [1.165, 1.54) is 0 Å². The molecule has 0 spiro atoms. The van der Waals surface area contributed by atoms with Crippen molar-refractivity contribution < 1.29 is 4.79 Å². The van der Waals surface area contributed by atoms with Gasteiger partial charge in [-0.25, -0.2) is 9.97 Å². The van der Waals surface area contributed by atoms with Crippen LogP contribution in [0.5, 0.6) is 0 Å². The van der Waals surface area contributed by atoms with E-state index >= 15 is 0 Å². The molecule has 1 atom stereocenters. The Labute approximate surface area is 158 Å². The van der Waals surface area contributed by atoms with Crippen LogP contribution in [0.25, 0.3) is 0 Å². The topological polar surface area (TPSA) is 83.9 Å². The molecule has 0 bridgehead atoms. The SMILES string of the molecule is Cc1ccc(NC(=O)c2ccc(CN(C)[C@@H](C)c3ccncn3)cc2)nn1. The van der Waals surface area contributed by atoms with Crippen molar-refractivity contribution in [3.63, 3.8) is 0 Å². The summed E-state index contributed by atoms with van der Waals surface area (Å²) in [4.78, 5) is 22.8. The zero-order chi connectivity index (χ0) is 19.2. The number of anilines is 1. The second kappa shape index (κ2) is 8.46. The summed E-state index contributed by atoms with van der Waals surface area (Å²) in [5.74, 6) is 0.232. The van der Waals surface area contributed by atoms with Crippen LogP contribution < -0.4 is 5.32 Å². The van der Waals surface area contributed by atoms with E-state index in [9.17, 15) is 4.79 Å². The summed E-state index contributed by atoms with van der Waals surface area (Å²) in [5.41, 5.74) is 3.47. The van der Waals surface area contributed by atoms with Crippen LogP contribution in [0.2, 0.25) is 0 Å². The first kappa shape index (κ1) is 18.6. The normalized spacial score (nSPS) is 12.0. The summed E-state index contributed by atoms with van der Waals surface area (Å²) in [5, 5.41) is 10.6. The molecule has 0 saturated carbocycles. The molecule has 2 aromatic heterocycles. The lowest BCUT2D eigenvalue weighted by Gasteiger charge is -2.24. The van der Waals surface area contributed by atoms with Gasteiger partial charge < -0.3 is 5.32 Å². The number of nitrogens with one attached hydrogen (secondary N) is 1. The number of rotatable bonds is 6. The molecule has 0 aliphatic carbocycles. The first-order valence-electron chi connectivity index (χ1n) is 8.69. The molecule has 1 aromatic carbocycles. The van der Waals surface area contributed by atoms with Crippen molar-refractivity contribution in [3.8, 4) is 0 Å². The van der Waals surface area contributed by atoms with Gasteiger partial charge in [0.1, 0.15) is 6.33 Å². The quantitative estimate of drug-likeness (QED) is 0.726. The van der Waals surface area contributed by atoms with Crippen LogP contribution in [-0.4, -0.2) is 38.0 Å². The minimum atomic E-state index is -0.206. The molecule has 2 heterocycles. The molecule has 3 aromatic rings. The summed E-state index contributed by atoms with van der Waals surface area (Å²) in [6.45, 7) is 4.70. The van der Waals surface area contributed by atoms with Crippen LogP contribution in [0.3, 0.4) is 0 Å². The van der Waals surface area contributed by atoms with Crippen LogP contribution in [0.1, 0.15) is 40.3 Å². The highest BCUT2D eigenvalue weighted by Gasteiger charge is 2.13. The Morgan fingerprint density at radius 2 is 1.89 bits per heavy atom. The number of aromatic nitrogens is 4. The van der Waals surface area contributed by atoms with E-state index in [0.29, 0.717) is 11.4 Å². The van der Waals surface area contributed by atoms with E-state index in [1.807, 2.05) is 44.3 Å². The maximum Gasteiger partial charge on any atom is 0.256 e. The molecular formula is C20H22N6O. The highest BCUT2D eigenvalue weighted by atomic mass is 16.1. The summed E-state index contributed by atoms with van der Waals surface area (Å²) in [6.07, 6.45) is 3.31. The Balaban J connectivity index is 1.61. The Hall–Kier alpha value is -3.19. The third-order valence-corrected chi connectivity index (χ3v) is 4.38. The van der Waals surface area contributed by atoms with Crippen LogP contribution in [0.4, 0.5) is 5.82 Å². The number of benzene rings is 1. The van der Waals surface area contributed by atoms with Gasteiger partial charge in [0.05, 0.1) is 11.4 Å². The summed E-state index contributed by atoms with van der Waals surface area (Å²) in [6, 6.07) is 13.2. The zero-order valence-corrected chi connectivity index (χ0v) is 15.6. The predicted octanol–water partition coefficient (Wildman–Crippen LogP) is 3.02. The van der Waals surface area contributed by atoms with Gasteiger partial charge in [-0.15, -0.1) is 5.10 Å². The third-order valence-electron chi connectivity index (χ3n) is 4.38. The second-order valence-electron chi connectivity index (χ2n) is 6.44. The molecule has 0 unspecified atom stereocenters. The van der Waals surface area contributed by atoms with Crippen molar-refractivity contribution in [2.45, 2.75) is 26.4 Å². The molecule has 0 fully saturated rings. The molecule has 0 aliphatic rings. The summed E-state index contributed by atoms with van der Waals surface area (Å²) >= 11 is 0. The van der Waals surface area contributed by atoms with Gasteiger partial charge in [-0.05, 0) is 56.8 Å². The molecule has 1 N–H and O–H groups in total. The number of carbonyl (C=O) groups is 1. The fourth-order valence-corrected chi connectivity index (χ4v) is 2.61. The minimum Gasteiger partial charge on any atom is -0.305 e. The number of nitrogens with zero attached hydrogens (tertiary/aromatic N) is 5. The number of amides is 1. The Morgan fingerprint density at radius 1 is 1.11 bits per heavy atom. The van der Waals surface area contributed by atoms with Gasteiger partial charge >= 0.3 is 0 Å². The number of aryl methyl sites for hydroxylation is 1. The van der Waals surface area contributed by atoms with Crippen LogP contribution in [0, 0.1) is 6.92 Å². The maximum atomic E-state index is 12.3. The van der Waals surface area contributed by atoms with Crippen LogP contribution in [-0.2, 0) is 6.54 Å². The monoisotopic (exact) mass is 362 g/mol. The summed E-state index contributed by atoms with van der Waals surface area (Å²) in [7, 11) is 2.05. The van der Waals surface area contributed by atoms with Crippen molar-refractivity contribution in [3.05, 3.63) is 77.5 Å². The first-order chi connectivity index (χ1) is 13.0. The molecule has 27 heavy (non-hydrogen) atoms. The molecular weight excluding hydrogens is 340 g/mol. The number of carbonyl (C=O) groups excluding carboxylic acids is 1. The van der Waals surface area contributed by atoms with Crippen LogP contribution >= 0.6 is 0 Å². The number of hydrogen-bond acceptors (Lipinski definition) is 6. The van der Waals surface area contributed by atoms with Gasteiger partial charge in [-0.3, -0.25) is 9.69 Å². The van der Waals surface area contributed by atoms with E-state index < -0.39 is 0 Å². The smallest absolute Gasteiger partial charge is 0.256 e. The first-order valence-corrected chi connectivity index (χ1v) is 8.69. The van der Waals surface area contributed by atoms with Gasteiger partial charge in [0.2, 0.25) is 0 Å². The Bertz CT molecular complexity index is 881. The molecule has 138 valence electrons. The predicted molar refractivity (Wildman–Crippen MR) is 103 cm³/mol. The van der Waals surface area contributed by atoms with Crippen LogP contribution in [0.15, 0.2) is 55.0 Å². The highest BCUT2D eigenvalue weighted by molar-refractivity contribution is 6.03. The number of hydrogen-bond donors (Lipinski definition) is 1. The summed E-state index contributed by atoms with van der Waals surface area (Å²) < 4.78 is 0. The van der Waals surface area contributed by atoms with Crippen molar-refractivity contribution in [1.29, 1.82) is 0 Å². The average Bonchev–Trinajstić information content (AvgIpc) is 2.70. The maximum absolute atomic E-state index is 12.3. The Morgan fingerprint density at radius 3 is 2.52 bits per heavy atom. The third kappa shape index (κ3) is 4.92. The fraction of sp³-hybridized carbons (Fsp3) is 0.250. The zero-order valence-electron chi connectivity index (χ0n) is 15.6. The molecule has 0 saturated heterocycles. The van der Waals surface area contributed by atoms with E-state index in [0.717, 1.165) is 23.5 Å². The fourth-order valence-electron chi connectivity index (χ4n) is 2.61. The van der Waals surface area contributed by atoms with E-state index in [1.54, 1.807) is 24.7 Å². The van der Waals surface area contributed by atoms with Gasteiger partial charge in [0.15, 0.2) is 5.82 Å². The van der Waals surface area contributed by atoms with Gasteiger partial charge in [0, 0.05) is 24.3 Å². The van der Waals surface area contributed by atoms with Crippen molar-refractivity contribution in [2.75, 3.05) is 12.4 Å². The second-order valence-corrected chi connectivity index (χ2v) is 6.44. The van der Waals surface area contributed by atoms with Crippen molar-refractivity contribution >= 4 is 11.7 Å². The largest absolute Gasteiger partial charge is 0.305 e.